The van der Waals surface area contributed by atoms with E-state index in [0.29, 0.717) is 11.1 Å². The summed E-state index contributed by atoms with van der Waals surface area (Å²) in [6.07, 6.45) is -1.18. The molecule has 2 aliphatic carbocycles. The van der Waals surface area contributed by atoms with Crippen molar-refractivity contribution in [1.29, 1.82) is 0 Å². The van der Waals surface area contributed by atoms with Crippen LogP contribution in [-0.2, 0) is 4.74 Å². The summed E-state index contributed by atoms with van der Waals surface area (Å²) in [4.78, 5) is 58.1. The smallest absolute Gasteiger partial charge is 0.204 e. The fourth-order valence-corrected chi connectivity index (χ4v) is 7.08. The van der Waals surface area contributed by atoms with Crippen molar-refractivity contribution in [3.8, 4) is 0 Å². The summed E-state index contributed by atoms with van der Waals surface area (Å²) in [7, 11) is 0. The van der Waals surface area contributed by atoms with Gasteiger partial charge in [-0.1, -0.05) is 106 Å². The lowest BCUT2D eigenvalue weighted by Gasteiger charge is -2.34. The maximum absolute atomic E-state index is 14.6. The minimum absolute atomic E-state index is 0.238. The molecule has 190 valence electrons. The van der Waals surface area contributed by atoms with E-state index in [4.69, 9.17) is 4.74 Å². The second kappa shape index (κ2) is 8.25. The Hall–Kier alpha value is -4.00. The molecule has 1 aliphatic heterocycles. The molecule has 4 aromatic carbocycles. The number of aryl methyl sites for hydroxylation is 1. The van der Waals surface area contributed by atoms with Gasteiger partial charge < -0.3 is 4.74 Å². The molecule has 0 unspecified atom stereocenters. The predicted octanol–water partition coefficient (Wildman–Crippen LogP) is 6.50. The number of hydrogen-bond acceptors (Lipinski definition) is 5. The molecule has 1 saturated heterocycles. The van der Waals surface area contributed by atoms with E-state index in [0.717, 1.165) is 10.0 Å². The Balaban J connectivity index is 1.60. The van der Waals surface area contributed by atoms with E-state index in [1.54, 1.807) is 78.9 Å². The van der Waals surface area contributed by atoms with E-state index in [2.05, 4.69) is 15.9 Å². The van der Waals surface area contributed by atoms with Gasteiger partial charge in [0.2, 0.25) is 17.2 Å². The van der Waals surface area contributed by atoms with Crippen LogP contribution in [0.5, 0.6) is 0 Å². The first-order valence-electron chi connectivity index (χ1n) is 12.7. The normalized spacial score (nSPS) is 22.1. The Morgan fingerprint density at radius 3 is 1.64 bits per heavy atom. The first-order chi connectivity index (χ1) is 18.8. The fourth-order valence-electron chi connectivity index (χ4n) is 6.81. The van der Waals surface area contributed by atoms with Crippen LogP contribution in [0.15, 0.2) is 102 Å². The van der Waals surface area contributed by atoms with Gasteiger partial charge in [-0.3, -0.25) is 19.2 Å². The van der Waals surface area contributed by atoms with E-state index in [9.17, 15) is 19.2 Å². The number of halogens is 1. The van der Waals surface area contributed by atoms with Crippen LogP contribution in [0.25, 0.3) is 0 Å². The number of ether oxygens (including phenoxy) is 1. The Bertz CT molecular complexity index is 1680. The van der Waals surface area contributed by atoms with Crippen molar-refractivity contribution in [2.75, 3.05) is 0 Å². The molecule has 4 aromatic rings. The van der Waals surface area contributed by atoms with Gasteiger partial charge in [0.25, 0.3) is 0 Å². The van der Waals surface area contributed by atoms with Crippen LogP contribution in [0.4, 0.5) is 0 Å². The van der Waals surface area contributed by atoms with Gasteiger partial charge in [0.15, 0.2) is 11.6 Å². The van der Waals surface area contributed by atoms with E-state index < -0.39 is 46.2 Å². The summed E-state index contributed by atoms with van der Waals surface area (Å²) in [5, 5.41) is 0. The summed E-state index contributed by atoms with van der Waals surface area (Å²) >= 11 is 3.45. The van der Waals surface area contributed by atoms with Crippen LogP contribution in [-0.4, -0.2) is 28.7 Å². The van der Waals surface area contributed by atoms with Crippen LogP contribution in [0, 0.1) is 12.3 Å². The first kappa shape index (κ1) is 24.1. The Kier molecular flexibility index (Phi) is 5.09. The molecule has 0 aromatic heterocycles. The SMILES string of the molecule is Cc1cccc([C@@H]2C3(O[C@@H](c4ccc(Br)cc4)C24C(=O)c2ccccc2C4=O)C(=O)c2ccccc2C3=O)c1. The molecule has 0 N–H and O–H groups in total. The molecular weight excluding hydrogens is 556 g/mol. The highest BCUT2D eigenvalue weighted by atomic mass is 79.9. The van der Waals surface area contributed by atoms with E-state index >= 15 is 0 Å². The number of ketones is 4. The summed E-state index contributed by atoms with van der Waals surface area (Å²) in [5.74, 6) is -3.10. The molecule has 1 heterocycles. The number of rotatable bonds is 2. The monoisotopic (exact) mass is 576 g/mol. The number of hydrogen-bond donors (Lipinski definition) is 0. The zero-order valence-electron chi connectivity index (χ0n) is 20.8. The third-order valence-electron chi connectivity index (χ3n) is 8.39. The molecule has 7 rings (SSSR count). The van der Waals surface area contributed by atoms with Crippen LogP contribution >= 0.6 is 15.9 Å². The third-order valence-corrected chi connectivity index (χ3v) is 8.91. The Labute approximate surface area is 232 Å². The zero-order chi connectivity index (χ0) is 27.1. The van der Waals surface area contributed by atoms with Crippen LogP contribution in [0.2, 0.25) is 0 Å². The van der Waals surface area contributed by atoms with Crippen molar-refractivity contribution in [2.45, 2.75) is 24.5 Å². The van der Waals surface area contributed by atoms with E-state index in [-0.39, 0.29) is 22.3 Å². The molecule has 2 atom stereocenters. The van der Waals surface area contributed by atoms with Crippen molar-refractivity contribution >= 4 is 39.1 Å². The lowest BCUT2D eigenvalue weighted by molar-refractivity contribution is -0.0210. The average Bonchev–Trinajstić information content (AvgIpc) is 3.47. The zero-order valence-corrected chi connectivity index (χ0v) is 22.4. The molecule has 39 heavy (non-hydrogen) atoms. The molecule has 6 heteroatoms. The first-order valence-corrected chi connectivity index (χ1v) is 13.5. The van der Waals surface area contributed by atoms with E-state index in [1.165, 1.54) is 0 Å². The molecule has 0 bridgehead atoms. The molecule has 0 saturated carbocycles. The van der Waals surface area contributed by atoms with Crippen LogP contribution in [0.1, 0.15) is 70.1 Å². The van der Waals surface area contributed by atoms with Gasteiger partial charge in [-0.25, -0.2) is 0 Å². The van der Waals surface area contributed by atoms with Crippen molar-refractivity contribution < 1.29 is 23.9 Å². The molecule has 0 radical (unpaired) electrons. The van der Waals surface area contributed by atoms with Crippen LogP contribution in [0.3, 0.4) is 0 Å². The quantitative estimate of drug-likeness (QED) is 0.255. The van der Waals surface area contributed by atoms with Gasteiger partial charge in [0, 0.05) is 26.7 Å². The average molecular weight is 577 g/mol. The molecule has 2 spiro atoms. The number of Topliss-reactive ketones (excluding diaryl/α,β-unsaturated/α-hetero) is 4. The van der Waals surface area contributed by atoms with Crippen molar-refractivity contribution in [2.24, 2.45) is 5.41 Å². The van der Waals surface area contributed by atoms with Gasteiger partial charge in [0.1, 0.15) is 11.5 Å². The highest BCUT2D eigenvalue weighted by Crippen LogP contribution is 2.67. The summed E-state index contributed by atoms with van der Waals surface area (Å²) in [6, 6.07) is 27.8. The van der Waals surface area contributed by atoms with Gasteiger partial charge in [-0.05, 0) is 30.2 Å². The molecule has 5 nitrogen and oxygen atoms in total. The topological polar surface area (TPSA) is 77.5 Å². The second-order valence-electron chi connectivity index (χ2n) is 10.4. The van der Waals surface area contributed by atoms with Gasteiger partial charge in [0.05, 0.1) is 5.92 Å². The van der Waals surface area contributed by atoms with Gasteiger partial charge >= 0.3 is 0 Å². The second-order valence-corrected chi connectivity index (χ2v) is 11.3. The minimum atomic E-state index is -2.08. The van der Waals surface area contributed by atoms with Crippen LogP contribution < -0.4 is 0 Å². The van der Waals surface area contributed by atoms with Gasteiger partial charge in [-0.15, -0.1) is 0 Å². The number of carbonyl (C=O) groups excluding carboxylic acids is 4. The number of fused-ring (bicyclic) bond motifs is 2. The molecule has 3 aliphatic rings. The molecular formula is C33H21BrO5. The van der Waals surface area contributed by atoms with Crippen molar-refractivity contribution in [3.63, 3.8) is 0 Å². The standard InChI is InChI=1S/C33H21BrO5/c1-18-7-6-8-20(17-18)26-32(27(35)22-9-2-3-10-23(22)28(32)36)31(19-13-15-21(34)16-14-19)39-33(26)29(37)24-11-4-5-12-25(24)30(33)38/h2-17,26,31H,1H3/t26-,31-/m0/s1. The summed E-state index contributed by atoms with van der Waals surface area (Å²) in [5.41, 5.74) is -0.963. The maximum Gasteiger partial charge on any atom is 0.204 e. The lowest BCUT2D eigenvalue weighted by Crippen LogP contribution is -2.51. The maximum atomic E-state index is 14.6. The number of carbonyl (C=O) groups is 4. The predicted molar refractivity (Wildman–Crippen MR) is 147 cm³/mol. The summed E-state index contributed by atoms with van der Waals surface area (Å²) in [6.45, 7) is 1.89. The Morgan fingerprint density at radius 1 is 0.615 bits per heavy atom. The molecule has 1 fully saturated rings. The van der Waals surface area contributed by atoms with E-state index in [1.807, 2.05) is 25.1 Å². The minimum Gasteiger partial charge on any atom is -0.348 e. The third kappa shape index (κ3) is 2.93. The summed E-state index contributed by atoms with van der Waals surface area (Å²) < 4.78 is 7.51. The highest BCUT2D eigenvalue weighted by Gasteiger charge is 2.79. The van der Waals surface area contributed by atoms with Crippen molar-refractivity contribution in [1.82, 2.24) is 0 Å². The largest absolute Gasteiger partial charge is 0.348 e. The number of benzene rings is 4. The lowest BCUT2D eigenvalue weighted by atomic mass is 9.59. The molecule has 0 amide bonds. The fraction of sp³-hybridized carbons (Fsp3) is 0.152. The highest BCUT2D eigenvalue weighted by molar-refractivity contribution is 9.10. The van der Waals surface area contributed by atoms with Crippen molar-refractivity contribution in [3.05, 3.63) is 140 Å². The van der Waals surface area contributed by atoms with Gasteiger partial charge in [-0.2, -0.15) is 0 Å². The Morgan fingerprint density at radius 2 is 1.13 bits per heavy atom.